The Bertz CT molecular complexity index is 1270. The number of amides is 5. The second-order valence-corrected chi connectivity index (χ2v) is 8.55. The van der Waals surface area contributed by atoms with Crippen molar-refractivity contribution < 1.29 is 29.0 Å². The highest BCUT2D eigenvalue weighted by Gasteiger charge is 2.41. The van der Waals surface area contributed by atoms with E-state index in [1.54, 1.807) is 43.0 Å². The first-order valence-electron chi connectivity index (χ1n) is 10.9. The third-order valence-electron chi connectivity index (χ3n) is 6.21. The highest BCUT2D eigenvalue weighted by molar-refractivity contribution is 6.35. The number of urea groups is 2. The fraction of sp³-hybridized carbons (Fsp3) is 0.304. The van der Waals surface area contributed by atoms with E-state index in [1.807, 2.05) is 0 Å². The maximum absolute atomic E-state index is 12.6. The standard InChI is InChI=1S/C23H23N5O6/c1-11-17(24-12(2)19(11)34-23(32)33)10-16-15-6-3-13(9-18(15)26-20(16)29)25-21(30)28-8-7-27(22(28)31)14-4-5-14/h3,6,9-10,14,24H,4-5,7-8H2,1-2H3,(H,25,30)(H,26,29)(H,32,33)/b16-10-. The molecule has 1 saturated carbocycles. The van der Waals surface area contributed by atoms with Gasteiger partial charge in [0.1, 0.15) is 0 Å². The van der Waals surface area contributed by atoms with Crippen LogP contribution in [0, 0.1) is 13.8 Å². The number of hydrogen-bond acceptors (Lipinski definition) is 5. The number of nitrogens with zero attached hydrogens (tertiary/aromatic N) is 2. The molecule has 2 aliphatic heterocycles. The summed E-state index contributed by atoms with van der Waals surface area (Å²) < 4.78 is 4.83. The number of anilines is 2. The first-order chi connectivity index (χ1) is 16.2. The summed E-state index contributed by atoms with van der Waals surface area (Å²) in [5.41, 5.74) is 3.63. The van der Waals surface area contributed by atoms with Crippen LogP contribution < -0.4 is 15.4 Å². The van der Waals surface area contributed by atoms with Crippen LogP contribution in [-0.4, -0.2) is 63.1 Å². The molecule has 11 nitrogen and oxygen atoms in total. The van der Waals surface area contributed by atoms with Gasteiger partial charge in [-0.1, -0.05) is 6.07 Å². The van der Waals surface area contributed by atoms with E-state index in [2.05, 4.69) is 15.6 Å². The van der Waals surface area contributed by atoms with Crippen molar-refractivity contribution in [3.63, 3.8) is 0 Å². The van der Waals surface area contributed by atoms with E-state index in [0.29, 0.717) is 52.6 Å². The molecule has 0 bridgehead atoms. The maximum Gasteiger partial charge on any atom is 0.511 e. The van der Waals surface area contributed by atoms with Gasteiger partial charge in [0.15, 0.2) is 5.75 Å². The molecule has 1 aromatic carbocycles. The number of carbonyl (C=O) groups is 4. The smallest absolute Gasteiger partial charge is 0.449 e. The minimum Gasteiger partial charge on any atom is -0.449 e. The van der Waals surface area contributed by atoms with Crippen molar-refractivity contribution in [3.8, 4) is 5.75 Å². The molecule has 2 aromatic rings. The number of benzene rings is 1. The van der Waals surface area contributed by atoms with Crippen molar-refractivity contribution in [3.05, 3.63) is 40.7 Å². The summed E-state index contributed by atoms with van der Waals surface area (Å²) in [6.07, 6.45) is 2.18. The molecule has 0 atom stereocenters. The summed E-state index contributed by atoms with van der Waals surface area (Å²) in [5.74, 6) is -0.131. The Kier molecular flexibility index (Phi) is 5.03. The molecular formula is C23H23N5O6. The Morgan fingerprint density at radius 3 is 2.68 bits per heavy atom. The van der Waals surface area contributed by atoms with Gasteiger partial charge in [0.05, 0.1) is 17.0 Å². The number of imide groups is 1. The molecule has 0 spiro atoms. The van der Waals surface area contributed by atoms with Crippen LogP contribution in [0.4, 0.5) is 25.8 Å². The highest BCUT2D eigenvalue weighted by atomic mass is 16.7. The molecule has 176 valence electrons. The lowest BCUT2D eigenvalue weighted by Crippen LogP contribution is -2.39. The molecule has 34 heavy (non-hydrogen) atoms. The molecular weight excluding hydrogens is 442 g/mol. The molecule has 3 heterocycles. The van der Waals surface area contributed by atoms with Crippen molar-refractivity contribution in [2.75, 3.05) is 23.7 Å². The molecule has 2 fully saturated rings. The number of fused-ring (bicyclic) bond motifs is 1. The SMILES string of the molecule is Cc1[nH]c(/C=C2\C(=O)Nc3cc(NC(=O)N4CCN(C5CC5)C4=O)ccc32)c(C)c1OC(=O)O. The van der Waals surface area contributed by atoms with Gasteiger partial charge in [-0.25, -0.2) is 19.3 Å². The summed E-state index contributed by atoms with van der Waals surface area (Å²) in [5, 5.41) is 14.4. The Balaban J connectivity index is 1.35. The number of ether oxygens (including phenoxy) is 1. The highest BCUT2D eigenvalue weighted by Crippen LogP contribution is 2.37. The Hall–Kier alpha value is -4.28. The van der Waals surface area contributed by atoms with Gasteiger partial charge in [0, 0.05) is 41.6 Å². The van der Waals surface area contributed by atoms with Gasteiger partial charge in [-0.15, -0.1) is 0 Å². The van der Waals surface area contributed by atoms with E-state index in [0.717, 1.165) is 12.8 Å². The number of aromatic amines is 1. The molecule has 0 radical (unpaired) electrons. The van der Waals surface area contributed by atoms with Crippen molar-refractivity contribution in [1.29, 1.82) is 0 Å². The third-order valence-corrected chi connectivity index (χ3v) is 6.21. The molecule has 1 aromatic heterocycles. The molecule has 11 heteroatoms. The number of nitrogens with one attached hydrogen (secondary N) is 3. The molecule has 3 aliphatic rings. The molecule has 5 amide bonds. The predicted octanol–water partition coefficient (Wildman–Crippen LogP) is 3.61. The first-order valence-corrected chi connectivity index (χ1v) is 10.9. The van der Waals surface area contributed by atoms with Gasteiger partial charge in [-0.2, -0.15) is 0 Å². The van der Waals surface area contributed by atoms with Crippen LogP contribution in [-0.2, 0) is 4.79 Å². The number of H-pyrrole nitrogens is 1. The zero-order valence-electron chi connectivity index (χ0n) is 18.6. The lowest BCUT2D eigenvalue weighted by Gasteiger charge is -2.17. The van der Waals surface area contributed by atoms with E-state index in [-0.39, 0.29) is 23.7 Å². The zero-order valence-corrected chi connectivity index (χ0v) is 18.6. The number of carbonyl (C=O) groups excluding carboxylic acids is 3. The molecule has 4 N–H and O–H groups in total. The van der Waals surface area contributed by atoms with Crippen LogP contribution in [0.5, 0.6) is 5.75 Å². The normalized spacial score (nSPS) is 18.4. The topological polar surface area (TPSA) is 144 Å². The van der Waals surface area contributed by atoms with Crippen LogP contribution in [0.3, 0.4) is 0 Å². The Labute approximate surface area is 194 Å². The van der Waals surface area contributed by atoms with Crippen LogP contribution in [0.1, 0.15) is 35.4 Å². The summed E-state index contributed by atoms with van der Waals surface area (Å²) in [6.45, 7) is 4.27. The van der Waals surface area contributed by atoms with Crippen LogP contribution in [0.15, 0.2) is 18.2 Å². The second-order valence-electron chi connectivity index (χ2n) is 8.55. The quantitative estimate of drug-likeness (QED) is 0.401. The average Bonchev–Trinajstić information content (AvgIpc) is 3.41. The maximum atomic E-state index is 12.6. The number of aromatic nitrogens is 1. The van der Waals surface area contributed by atoms with Crippen molar-refractivity contribution in [1.82, 2.24) is 14.8 Å². The van der Waals surface area contributed by atoms with E-state index < -0.39 is 12.2 Å². The Morgan fingerprint density at radius 2 is 1.97 bits per heavy atom. The molecule has 5 rings (SSSR count). The van der Waals surface area contributed by atoms with Crippen LogP contribution >= 0.6 is 0 Å². The summed E-state index contributed by atoms with van der Waals surface area (Å²) in [7, 11) is 0. The van der Waals surface area contributed by atoms with Crippen LogP contribution in [0.2, 0.25) is 0 Å². The lowest BCUT2D eigenvalue weighted by atomic mass is 10.0. The van der Waals surface area contributed by atoms with E-state index in [9.17, 15) is 19.2 Å². The third kappa shape index (κ3) is 3.74. The molecule has 1 saturated heterocycles. The predicted molar refractivity (Wildman–Crippen MR) is 123 cm³/mol. The number of carboxylic acid groups (broad SMARTS) is 1. The largest absolute Gasteiger partial charge is 0.511 e. The number of hydrogen-bond donors (Lipinski definition) is 4. The monoisotopic (exact) mass is 465 g/mol. The fourth-order valence-electron chi connectivity index (χ4n) is 4.36. The minimum absolute atomic E-state index is 0.202. The average molecular weight is 465 g/mol. The van der Waals surface area contributed by atoms with E-state index in [4.69, 9.17) is 9.84 Å². The van der Waals surface area contributed by atoms with Gasteiger partial charge >= 0.3 is 18.2 Å². The molecule has 0 unspecified atom stereocenters. The minimum atomic E-state index is -1.42. The van der Waals surface area contributed by atoms with Crippen molar-refractivity contribution in [2.45, 2.75) is 32.7 Å². The number of aryl methyl sites for hydroxylation is 1. The second kappa shape index (κ2) is 7.94. The van der Waals surface area contributed by atoms with Gasteiger partial charge in [0.25, 0.3) is 5.91 Å². The summed E-state index contributed by atoms with van der Waals surface area (Å²) >= 11 is 0. The van der Waals surface area contributed by atoms with Gasteiger partial charge < -0.3 is 30.4 Å². The summed E-state index contributed by atoms with van der Waals surface area (Å²) in [6, 6.07) is 4.48. The lowest BCUT2D eigenvalue weighted by molar-refractivity contribution is -0.110. The zero-order chi connectivity index (χ0) is 24.1. The van der Waals surface area contributed by atoms with Crippen molar-refractivity contribution in [2.24, 2.45) is 0 Å². The van der Waals surface area contributed by atoms with Crippen LogP contribution in [0.25, 0.3) is 11.6 Å². The number of rotatable bonds is 4. The van der Waals surface area contributed by atoms with Gasteiger partial charge in [-0.05, 0) is 44.9 Å². The van der Waals surface area contributed by atoms with Gasteiger partial charge in [0.2, 0.25) is 0 Å². The van der Waals surface area contributed by atoms with Gasteiger partial charge in [-0.3, -0.25) is 4.79 Å². The fourth-order valence-corrected chi connectivity index (χ4v) is 4.36. The molecule has 1 aliphatic carbocycles. The summed E-state index contributed by atoms with van der Waals surface area (Å²) in [4.78, 5) is 54.6. The van der Waals surface area contributed by atoms with E-state index >= 15 is 0 Å². The van der Waals surface area contributed by atoms with Crippen molar-refractivity contribution >= 4 is 47.1 Å². The Morgan fingerprint density at radius 1 is 1.21 bits per heavy atom. The van der Waals surface area contributed by atoms with E-state index in [1.165, 1.54) is 4.90 Å². The first kappa shape index (κ1) is 21.6.